The maximum atomic E-state index is 12.1. The van der Waals surface area contributed by atoms with Gasteiger partial charge in [0.25, 0.3) is 5.91 Å². The van der Waals surface area contributed by atoms with Crippen LogP contribution >= 0.6 is 11.6 Å². The van der Waals surface area contributed by atoms with Gasteiger partial charge >= 0.3 is 0 Å². The average molecular weight is 312 g/mol. The summed E-state index contributed by atoms with van der Waals surface area (Å²) in [5, 5.41) is 22.9. The van der Waals surface area contributed by atoms with Gasteiger partial charge in [-0.1, -0.05) is 25.4 Å². The van der Waals surface area contributed by atoms with Gasteiger partial charge in [-0.3, -0.25) is 4.79 Å². The molecule has 1 aromatic rings. The number of aromatic hydroxyl groups is 1. The normalized spacial score (nSPS) is 20.0. The summed E-state index contributed by atoms with van der Waals surface area (Å²) in [5.74, 6) is -0.392. The quantitative estimate of drug-likeness (QED) is 0.803. The van der Waals surface area contributed by atoms with E-state index >= 15 is 0 Å². The van der Waals surface area contributed by atoms with E-state index in [9.17, 15) is 15.0 Å². The van der Waals surface area contributed by atoms with Crippen LogP contribution < -0.4 is 5.32 Å². The maximum absolute atomic E-state index is 12.1. The third-order valence-electron chi connectivity index (χ3n) is 4.31. The molecule has 116 valence electrons. The molecule has 0 saturated heterocycles. The number of hydrogen-bond donors (Lipinski definition) is 3. The topological polar surface area (TPSA) is 69.6 Å². The number of halogens is 1. The number of carbonyl (C=O) groups is 1. The van der Waals surface area contributed by atoms with Crippen LogP contribution in [-0.4, -0.2) is 28.3 Å². The summed E-state index contributed by atoms with van der Waals surface area (Å²) in [6.07, 6.45) is 3.22. The molecule has 0 aromatic heterocycles. The molecule has 0 atom stereocenters. The summed E-state index contributed by atoms with van der Waals surface area (Å²) in [4.78, 5) is 12.1. The molecule has 0 bridgehead atoms. The first-order chi connectivity index (χ1) is 9.71. The second-order valence-electron chi connectivity index (χ2n) is 6.74. The van der Waals surface area contributed by atoms with Crippen LogP contribution in [0.25, 0.3) is 0 Å². The van der Waals surface area contributed by atoms with Gasteiger partial charge in [-0.15, -0.1) is 0 Å². The lowest BCUT2D eigenvalue weighted by Crippen LogP contribution is -2.46. The lowest BCUT2D eigenvalue weighted by molar-refractivity contribution is -0.0233. The Kier molecular flexibility index (Phi) is 4.49. The molecule has 0 aliphatic heterocycles. The molecular weight excluding hydrogens is 290 g/mol. The molecule has 1 fully saturated rings. The van der Waals surface area contributed by atoms with Crippen LogP contribution in [0.1, 0.15) is 49.9 Å². The molecule has 0 heterocycles. The molecular formula is C16H22ClNO3. The molecule has 1 aliphatic carbocycles. The Hall–Kier alpha value is -1.26. The zero-order valence-electron chi connectivity index (χ0n) is 12.4. The van der Waals surface area contributed by atoms with Gasteiger partial charge in [0.2, 0.25) is 0 Å². The van der Waals surface area contributed by atoms with Crippen molar-refractivity contribution in [2.24, 2.45) is 5.41 Å². The van der Waals surface area contributed by atoms with Crippen molar-refractivity contribution in [2.45, 2.75) is 45.1 Å². The lowest BCUT2D eigenvalue weighted by atomic mass is 9.71. The fourth-order valence-corrected chi connectivity index (χ4v) is 2.80. The van der Waals surface area contributed by atoms with E-state index in [1.165, 1.54) is 18.2 Å². The van der Waals surface area contributed by atoms with Crippen LogP contribution in [0.5, 0.6) is 5.75 Å². The number of aliphatic hydroxyl groups is 1. The van der Waals surface area contributed by atoms with Crippen molar-refractivity contribution in [1.82, 2.24) is 5.32 Å². The molecule has 1 aliphatic rings. The van der Waals surface area contributed by atoms with Crippen LogP contribution in [0.4, 0.5) is 0 Å². The third kappa shape index (κ3) is 4.11. The first-order valence-corrected chi connectivity index (χ1v) is 7.58. The predicted octanol–water partition coefficient (Wildman–Crippen LogP) is 3.11. The van der Waals surface area contributed by atoms with Crippen molar-refractivity contribution in [3.63, 3.8) is 0 Å². The molecule has 0 unspecified atom stereocenters. The molecule has 1 amide bonds. The molecule has 21 heavy (non-hydrogen) atoms. The van der Waals surface area contributed by atoms with E-state index in [4.69, 9.17) is 11.6 Å². The number of carbonyl (C=O) groups excluding carboxylic acids is 1. The fraction of sp³-hybridized carbons (Fsp3) is 0.562. The number of phenols is 1. The number of benzene rings is 1. The summed E-state index contributed by atoms with van der Waals surface area (Å²) in [5.41, 5.74) is -0.379. The Balaban J connectivity index is 1.97. The highest BCUT2D eigenvalue weighted by Crippen LogP contribution is 2.39. The van der Waals surface area contributed by atoms with Crippen LogP contribution in [-0.2, 0) is 0 Å². The lowest BCUT2D eigenvalue weighted by Gasteiger charge is -2.40. The van der Waals surface area contributed by atoms with Crippen molar-refractivity contribution >= 4 is 17.5 Å². The van der Waals surface area contributed by atoms with Gasteiger partial charge in [-0.2, -0.15) is 0 Å². The minimum Gasteiger partial charge on any atom is -0.508 e. The molecule has 0 spiro atoms. The monoisotopic (exact) mass is 311 g/mol. The molecule has 1 saturated carbocycles. The molecule has 4 nitrogen and oxygen atoms in total. The minimum absolute atomic E-state index is 0.0114. The summed E-state index contributed by atoms with van der Waals surface area (Å²) >= 11 is 5.95. The van der Waals surface area contributed by atoms with E-state index < -0.39 is 5.60 Å². The Morgan fingerprint density at radius 3 is 2.52 bits per heavy atom. The predicted molar refractivity (Wildman–Crippen MR) is 82.6 cm³/mol. The van der Waals surface area contributed by atoms with Gasteiger partial charge in [0, 0.05) is 6.54 Å². The van der Waals surface area contributed by atoms with Crippen molar-refractivity contribution in [3.05, 3.63) is 28.8 Å². The number of rotatable bonds is 3. The Bertz CT molecular complexity index is 532. The van der Waals surface area contributed by atoms with Gasteiger partial charge in [-0.05, 0) is 49.3 Å². The van der Waals surface area contributed by atoms with Gasteiger partial charge < -0.3 is 15.5 Å². The molecule has 1 aromatic carbocycles. The number of nitrogens with one attached hydrogen (secondary N) is 1. The van der Waals surface area contributed by atoms with E-state index in [0.29, 0.717) is 12.8 Å². The van der Waals surface area contributed by atoms with Gasteiger partial charge in [-0.25, -0.2) is 0 Å². The Labute approximate surface area is 130 Å². The SMILES string of the molecule is CC1(C)CCC(O)(CNC(=O)c2cc(O)ccc2Cl)CC1. The second kappa shape index (κ2) is 5.85. The second-order valence-corrected chi connectivity index (χ2v) is 7.14. The summed E-state index contributed by atoms with van der Waals surface area (Å²) < 4.78 is 0. The smallest absolute Gasteiger partial charge is 0.253 e. The molecule has 5 heteroatoms. The van der Waals surface area contributed by atoms with E-state index in [1.54, 1.807) is 0 Å². The van der Waals surface area contributed by atoms with E-state index in [-0.39, 0.29) is 34.2 Å². The van der Waals surface area contributed by atoms with Gasteiger partial charge in [0.1, 0.15) is 5.75 Å². The summed E-state index contributed by atoms with van der Waals surface area (Å²) in [7, 11) is 0. The number of phenolic OH excluding ortho intramolecular Hbond substituents is 1. The Morgan fingerprint density at radius 2 is 1.90 bits per heavy atom. The van der Waals surface area contributed by atoms with Gasteiger partial charge in [0.05, 0.1) is 16.2 Å². The molecule has 2 rings (SSSR count). The zero-order chi connectivity index (χ0) is 15.7. The summed E-state index contributed by atoms with van der Waals surface area (Å²) in [6, 6.07) is 4.23. The van der Waals surface area contributed by atoms with Crippen LogP contribution in [0.15, 0.2) is 18.2 Å². The van der Waals surface area contributed by atoms with E-state index in [0.717, 1.165) is 12.8 Å². The highest BCUT2D eigenvalue weighted by Gasteiger charge is 2.36. The number of hydrogen-bond acceptors (Lipinski definition) is 3. The zero-order valence-corrected chi connectivity index (χ0v) is 13.2. The molecule has 3 N–H and O–H groups in total. The molecule has 0 radical (unpaired) electrons. The van der Waals surface area contributed by atoms with Crippen molar-refractivity contribution < 1.29 is 15.0 Å². The first-order valence-electron chi connectivity index (χ1n) is 7.20. The van der Waals surface area contributed by atoms with Crippen LogP contribution in [0.2, 0.25) is 5.02 Å². The van der Waals surface area contributed by atoms with Gasteiger partial charge in [0.15, 0.2) is 0 Å². The van der Waals surface area contributed by atoms with E-state index in [1.807, 2.05) is 0 Å². The standard InChI is InChI=1S/C16H22ClNO3/c1-15(2)5-7-16(21,8-6-15)10-18-14(20)12-9-11(19)3-4-13(12)17/h3-4,9,19,21H,5-8,10H2,1-2H3,(H,18,20). The largest absolute Gasteiger partial charge is 0.508 e. The van der Waals surface area contributed by atoms with Crippen molar-refractivity contribution in [3.8, 4) is 5.75 Å². The fourth-order valence-electron chi connectivity index (χ4n) is 2.60. The van der Waals surface area contributed by atoms with Crippen LogP contribution in [0.3, 0.4) is 0 Å². The van der Waals surface area contributed by atoms with Crippen molar-refractivity contribution in [2.75, 3.05) is 6.54 Å². The average Bonchev–Trinajstić information content (AvgIpc) is 2.43. The first kappa shape index (κ1) is 16.1. The highest BCUT2D eigenvalue weighted by atomic mass is 35.5. The highest BCUT2D eigenvalue weighted by molar-refractivity contribution is 6.33. The van der Waals surface area contributed by atoms with Crippen molar-refractivity contribution in [1.29, 1.82) is 0 Å². The number of amides is 1. The van der Waals surface area contributed by atoms with E-state index in [2.05, 4.69) is 19.2 Å². The minimum atomic E-state index is -0.853. The maximum Gasteiger partial charge on any atom is 0.253 e. The Morgan fingerprint density at radius 1 is 1.29 bits per heavy atom. The third-order valence-corrected chi connectivity index (χ3v) is 4.64. The summed E-state index contributed by atoms with van der Waals surface area (Å²) in [6.45, 7) is 4.59. The van der Waals surface area contributed by atoms with Crippen LogP contribution in [0, 0.1) is 5.41 Å².